The first-order valence-electron chi connectivity index (χ1n) is 18.0. The minimum Gasteiger partial charge on any atom is -0.494 e. The molecule has 0 aliphatic carbocycles. The molecule has 1 amide bonds. The third-order valence-electron chi connectivity index (χ3n) is 8.77. The minimum atomic E-state index is -1.07. The molecule has 5 aromatic carbocycles. The lowest BCUT2D eigenvalue weighted by Crippen LogP contribution is -2.48. The maximum atomic E-state index is 12.8. The van der Waals surface area contributed by atoms with Crippen molar-refractivity contribution in [1.29, 1.82) is 0 Å². The lowest BCUT2D eigenvalue weighted by molar-refractivity contribution is -0.0880. The number of amides is 1. The van der Waals surface area contributed by atoms with E-state index in [1.54, 1.807) is 60.7 Å². The van der Waals surface area contributed by atoms with E-state index in [-0.39, 0.29) is 24.8 Å². The monoisotopic (exact) mass is 743 g/mol. The molecule has 0 spiro atoms. The van der Waals surface area contributed by atoms with E-state index in [0.717, 1.165) is 60.5 Å². The lowest BCUT2D eigenvalue weighted by atomic mass is 9.96. The smallest absolute Gasteiger partial charge is 0.494 e. The molecule has 0 bridgehead atoms. The van der Waals surface area contributed by atoms with E-state index in [1.165, 1.54) is 11.1 Å². The summed E-state index contributed by atoms with van der Waals surface area (Å²) in [6, 6.07) is 43.6. The quantitative estimate of drug-likeness (QED) is 0.0412. The van der Waals surface area contributed by atoms with Crippen LogP contribution in [0.2, 0.25) is 5.02 Å². The molecule has 9 nitrogen and oxygen atoms in total. The number of rotatable bonds is 12. The summed E-state index contributed by atoms with van der Waals surface area (Å²) in [6.45, 7) is 5.52. The summed E-state index contributed by atoms with van der Waals surface area (Å²) >= 11 is 6.20. The van der Waals surface area contributed by atoms with Gasteiger partial charge in [-0.2, -0.15) is 0 Å². The number of carbonyl (C=O) groups is 2. The third kappa shape index (κ3) is 11.6. The number of benzene rings is 5. The van der Waals surface area contributed by atoms with E-state index in [0.29, 0.717) is 12.4 Å². The minimum absolute atomic E-state index is 0.0330. The van der Waals surface area contributed by atoms with Crippen molar-refractivity contribution >= 4 is 23.8 Å². The molecular weight excluding hydrogens is 702 g/mol. The van der Waals surface area contributed by atoms with Gasteiger partial charge in [0.15, 0.2) is 0 Å². The number of halogens is 1. The predicted molar refractivity (Wildman–Crippen MR) is 209 cm³/mol. The molecular formula is C44H42ClN3O6. The zero-order chi connectivity index (χ0) is 37.4. The summed E-state index contributed by atoms with van der Waals surface area (Å²) in [5.74, 6) is 7.47. The molecule has 1 saturated heterocycles. The summed E-state index contributed by atoms with van der Waals surface area (Å²) in [6.07, 6.45) is -0.809. The summed E-state index contributed by atoms with van der Waals surface area (Å²) in [5, 5.41) is 1.55. The molecule has 54 heavy (non-hydrogen) atoms. The van der Waals surface area contributed by atoms with E-state index in [1.807, 2.05) is 36.4 Å². The number of nitrogens with zero attached hydrogens (tertiary/aromatic N) is 3. The average molecular weight is 744 g/mol. The molecule has 0 N–H and O–H groups in total. The molecule has 1 aliphatic heterocycles. The van der Waals surface area contributed by atoms with Crippen molar-refractivity contribution in [1.82, 2.24) is 14.9 Å². The number of piperazine rings is 1. The van der Waals surface area contributed by atoms with E-state index in [2.05, 4.69) is 64.1 Å². The highest BCUT2D eigenvalue weighted by Crippen LogP contribution is 2.30. The number of hydroxylamine groups is 2. The van der Waals surface area contributed by atoms with Gasteiger partial charge in [-0.3, -0.25) is 9.74 Å². The van der Waals surface area contributed by atoms with E-state index in [9.17, 15) is 9.59 Å². The van der Waals surface area contributed by atoms with Gasteiger partial charge in [-0.25, -0.2) is 9.59 Å². The molecule has 1 unspecified atom stereocenters. The number of carbonyl (C=O) groups excluding carboxylic acids is 2. The Morgan fingerprint density at radius 2 is 1.28 bits per heavy atom. The normalized spacial score (nSPS) is 13.5. The fourth-order valence-corrected chi connectivity index (χ4v) is 6.21. The van der Waals surface area contributed by atoms with E-state index < -0.39 is 12.2 Å². The molecule has 0 aromatic heterocycles. The van der Waals surface area contributed by atoms with Crippen LogP contribution in [-0.4, -0.2) is 73.0 Å². The molecule has 10 heteroatoms. The van der Waals surface area contributed by atoms with Crippen molar-refractivity contribution in [2.24, 2.45) is 0 Å². The Morgan fingerprint density at radius 3 is 1.93 bits per heavy atom. The molecule has 0 radical (unpaired) electrons. The van der Waals surface area contributed by atoms with Crippen LogP contribution >= 0.6 is 11.6 Å². The van der Waals surface area contributed by atoms with Crippen molar-refractivity contribution in [2.75, 3.05) is 45.9 Å². The van der Waals surface area contributed by atoms with Crippen LogP contribution in [0.5, 0.6) is 17.2 Å². The van der Waals surface area contributed by atoms with Crippen LogP contribution in [0.25, 0.3) is 0 Å². The lowest BCUT2D eigenvalue weighted by Gasteiger charge is -2.39. The standard InChI is InChI=1S/C44H42ClN3O6/c45-38-24-22-37(23-25-38)42(36-14-4-1-5-15-36)47-32-30-46(31-33-47)28-12-34-51-39-26-20-35(21-27-39)13-10-11-29-48(43(49)52-40-16-6-2-7-17-40)54-44(50)53-41-18-8-3-9-19-41/h1-9,14-27,42H,11-12,28-34H2. The second kappa shape index (κ2) is 19.9. The Bertz CT molecular complexity index is 1960. The Kier molecular flexibility index (Phi) is 14.0. The second-order valence-electron chi connectivity index (χ2n) is 12.6. The topological polar surface area (TPSA) is 80.8 Å². The summed E-state index contributed by atoms with van der Waals surface area (Å²) < 4.78 is 16.6. The van der Waals surface area contributed by atoms with E-state index >= 15 is 0 Å². The van der Waals surface area contributed by atoms with Gasteiger partial charge in [-0.1, -0.05) is 102 Å². The van der Waals surface area contributed by atoms with Crippen LogP contribution in [0, 0.1) is 11.8 Å². The Morgan fingerprint density at radius 1 is 0.685 bits per heavy atom. The van der Waals surface area contributed by atoms with Crippen molar-refractivity contribution in [3.8, 4) is 29.1 Å². The van der Waals surface area contributed by atoms with Gasteiger partial charge < -0.3 is 19.1 Å². The van der Waals surface area contributed by atoms with Gasteiger partial charge in [-0.15, -0.1) is 5.06 Å². The zero-order valence-corrected chi connectivity index (χ0v) is 30.6. The van der Waals surface area contributed by atoms with Gasteiger partial charge in [-0.05, 0) is 78.2 Å². The molecule has 1 aliphatic rings. The fraction of sp³-hybridized carbons (Fsp3) is 0.227. The van der Waals surface area contributed by atoms with Gasteiger partial charge in [0.05, 0.1) is 19.2 Å². The SMILES string of the molecule is O=C(Oc1ccccc1)ON(CCC#Cc1ccc(OCCCN2CCN(C(c3ccccc3)c3ccc(Cl)cc3)CC2)cc1)C(=O)Oc1ccccc1. The molecule has 1 heterocycles. The molecule has 276 valence electrons. The predicted octanol–water partition coefficient (Wildman–Crippen LogP) is 8.89. The van der Waals surface area contributed by atoms with E-state index in [4.69, 9.17) is 30.6 Å². The third-order valence-corrected chi connectivity index (χ3v) is 9.02. The number of ether oxygens (including phenoxy) is 3. The maximum Gasteiger partial charge on any atom is 0.539 e. The highest BCUT2D eigenvalue weighted by molar-refractivity contribution is 6.30. The van der Waals surface area contributed by atoms with Gasteiger partial charge in [0.25, 0.3) is 0 Å². The van der Waals surface area contributed by atoms with Crippen molar-refractivity contribution < 1.29 is 28.6 Å². The molecule has 1 fully saturated rings. The Hall–Kier alpha value is -5.79. The van der Waals surface area contributed by atoms with Crippen molar-refractivity contribution in [2.45, 2.75) is 18.9 Å². The highest BCUT2D eigenvalue weighted by atomic mass is 35.5. The van der Waals surface area contributed by atoms with Gasteiger partial charge in [0.1, 0.15) is 17.2 Å². The van der Waals surface area contributed by atoms with Gasteiger partial charge in [0.2, 0.25) is 0 Å². The van der Waals surface area contributed by atoms with Crippen molar-refractivity contribution in [3.63, 3.8) is 0 Å². The zero-order valence-electron chi connectivity index (χ0n) is 29.9. The first-order chi connectivity index (χ1) is 26.5. The van der Waals surface area contributed by atoms with Crippen molar-refractivity contribution in [3.05, 3.63) is 161 Å². The Balaban J connectivity index is 0.930. The second-order valence-corrected chi connectivity index (χ2v) is 13.0. The summed E-state index contributed by atoms with van der Waals surface area (Å²) in [4.78, 5) is 35.5. The first kappa shape index (κ1) is 38.0. The van der Waals surface area contributed by atoms with Gasteiger partial charge in [0, 0.05) is 49.7 Å². The van der Waals surface area contributed by atoms with Crippen LogP contribution in [-0.2, 0) is 4.84 Å². The molecule has 0 saturated carbocycles. The molecule has 6 rings (SSSR count). The van der Waals surface area contributed by atoms with Crippen LogP contribution in [0.3, 0.4) is 0 Å². The molecule has 1 atom stereocenters. The number of para-hydroxylation sites is 2. The Labute approximate surface area is 321 Å². The number of hydrogen-bond acceptors (Lipinski definition) is 8. The maximum absolute atomic E-state index is 12.8. The average Bonchev–Trinajstić information content (AvgIpc) is 3.21. The molecule has 5 aromatic rings. The number of hydrogen-bond donors (Lipinski definition) is 0. The van der Waals surface area contributed by atoms with Crippen LogP contribution in [0.15, 0.2) is 140 Å². The van der Waals surface area contributed by atoms with Crippen LogP contribution in [0.1, 0.15) is 35.6 Å². The van der Waals surface area contributed by atoms with Crippen LogP contribution < -0.4 is 14.2 Å². The highest BCUT2D eigenvalue weighted by Gasteiger charge is 2.26. The summed E-state index contributed by atoms with van der Waals surface area (Å²) in [5.41, 5.74) is 3.33. The summed E-state index contributed by atoms with van der Waals surface area (Å²) in [7, 11) is 0. The van der Waals surface area contributed by atoms with Gasteiger partial charge >= 0.3 is 12.2 Å². The van der Waals surface area contributed by atoms with Crippen LogP contribution in [0.4, 0.5) is 9.59 Å². The first-order valence-corrected chi connectivity index (χ1v) is 18.4. The fourth-order valence-electron chi connectivity index (χ4n) is 6.08. The largest absolute Gasteiger partial charge is 0.539 e.